The van der Waals surface area contributed by atoms with E-state index in [0.29, 0.717) is 18.1 Å². The lowest BCUT2D eigenvalue weighted by Crippen LogP contribution is -2.50. The molecule has 0 aromatic carbocycles. The summed E-state index contributed by atoms with van der Waals surface area (Å²) in [7, 11) is 0. The molecule has 1 saturated carbocycles. The molecule has 0 bridgehead atoms. The maximum Gasteiger partial charge on any atom is 0.191 e. The summed E-state index contributed by atoms with van der Waals surface area (Å²) in [6.07, 6.45) is 7.43. The molecule has 1 aliphatic carbocycles. The molecule has 1 heterocycles. The van der Waals surface area contributed by atoms with Crippen molar-refractivity contribution in [1.29, 1.82) is 0 Å². The standard InChI is InChI=1S/C18H36N4OS.HI/c1-5-19-18(21-16-7-6-8-17(11-16)24-4)20-12-14(2)22-9-10-23-13-15(22)3;/h14-17H,5-13H2,1-4H3,(H2,19,20,21);1H. The number of hydrogen-bond acceptors (Lipinski definition) is 4. The Balaban J connectivity index is 0.00000312. The van der Waals surface area contributed by atoms with E-state index in [2.05, 4.69) is 42.6 Å². The second kappa shape index (κ2) is 12.6. The van der Waals surface area contributed by atoms with Crippen molar-refractivity contribution in [2.75, 3.05) is 39.1 Å². The Kier molecular flexibility index (Phi) is 11.8. The quantitative estimate of drug-likeness (QED) is 0.345. The molecular formula is C18H37IN4OS. The van der Waals surface area contributed by atoms with Gasteiger partial charge in [0, 0.05) is 36.5 Å². The molecule has 2 aliphatic rings. The van der Waals surface area contributed by atoms with Crippen molar-refractivity contribution in [2.24, 2.45) is 4.99 Å². The Bertz CT molecular complexity index is 399. The van der Waals surface area contributed by atoms with Gasteiger partial charge in [0.25, 0.3) is 0 Å². The molecule has 7 heteroatoms. The van der Waals surface area contributed by atoms with Crippen molar-refractivity contribution < 1.29 is 4.74 Å². The van der Waals surface area contributed by atoms with E-state index in [1.54, 1.807) is 0 Å². The van der Waals surface area contributed by atoms with Gasteiger partial charge in [0.1, 0.15) is 0 Å². The molecule has 2 fully saturated rings. The van der Waals surface area contributed by atoms with Gasteiger partial charge in [-0.15, -0.1) is 24.0 Å². The maximum absolute atomic E-state index is 5.54. The van der Waals surface area contributed by atoms with E-state index >= 15 is 0 Å². The van der Waals surface area contributed by atoms with Crippen LogP contribution in [0.3, 0.4) is 0 Å². The summed E-state index contributed by atoms with van der Waals surface area (Å²) in [6.45, 7) is 11.1. The number of guanidine groups is 1. The lowest BCUT2D eigenvalue weighted by atomic mass is 9.95. The van der Waals surface area contributed by atoms with Crippen LogP contribution in [0.15, 0.2) is 4.99 Å². The molecule has 1 aliphatic heterocycles. The summed E-state index contributed by atoms with van der Waals surface area (Å²) in [5.74, 6) is 0.983. The van der Waals surface area contributed by atoms with Gasteiger partial charge < -0.3 is 15.4 Å². The van der Waals surface area contributed by atoms with Crippen molar-refractivity contribution in [3.8, 4) is 0 Å². The first-order chi connectivity index (χ1) is 11.6. The van der Waals surface area contributed by atoms with Crippen LogP contribution in [0, 0.1) is 0 Å². The van der Waals surface area contributed by atoms with Crippen LogP contribution in [-0.4, -0.2) is 73.3 Å². The molecule has 4 unspecified atom stereocenters. The van der Waals surface area contributed by atoms with Gasteiger partial charge in [0.2, 0.25) is 0 Å². The second-order valence-corrected chi connectivity index (χ2v) is 8.23. The number of aliphatic imine (C=N–C) groups is 1. The summed E-state index contributed by atoms with van der Waals surface area (Å²) < 4.78 is 5.54. The van der Waals surface area contributed by atoms with E-state index in [-0.39, 0.29) is 24.0 Å². The Labute approximate surface area is 175 Å². The Hall–Kier alpha value is 0.270. The van der Waals surface area contributed by atoms with Gasteiger partial charge in [-0.05, 0) is 46.3 Å². The summed E-state index contributed by atoms with van der Waals surface area (Å²) in [5, 5.41) is 7.89. The Morgan fingerprint density at radius 2 is 2.20 bits per heavy atom. The van der Waals surface area contributed by atoms with E-state index in [0.717, 1.165) is 44.1 Å². The van der Waals surface area contributed by atoms with E-state index in [9.17, 15) is 0 Å². The van der Waals surface area contributed by atoms with Crippen molar-refractivity contribution >= 4 is 41.7 Å². The molecular weight excluding hydrogens is 447 g/mol. The van der Waals surface area contributed by atoms with E-state index in [1.807, 2.05) is 11.8 Å². The third-order valence-corrected chi connectivity index (χ3v) is 6.24. The first kappa shape index (κ1) is 23.3. The van der Waals surface area contributed by atoms with Crippen LogP contribution >= 0.6 is 35.7 Å². The first-order valence-corrected chi connectivity index (χ1v) is 10.8. The molecule has 4 atom stereocenters. The fourth-order valence-corrected chi connectivity index (χ4v) is 4.55. The molecule has 0 radical (unpaired) electrons. The predicted molar refractivity (Wildman–Crippen MR) is 121 cm³/mol. The van der Waals surface area contributed by atoms with Crippen LogP contribution in [0.2, 0.25) is 0 Å². The zero-order valence-corrected chi connectivity index (χ0v) is 19.4. The van der Waals surface area contributed by atoms with Gasteiger partial charge in [0.15, 0.2) is 5.96 Å². The Morgan fingerprint density at radius 3 is 2.88 bits per heavy atom. The fraction of sp³-hybridized carbons (Fsp3) is 0.944. The number of hydrogen-bond donors (Lipinski definition) is 2. The first-order valence-electron chi connectivity index (χ1n) is 9.55. The number of nitrogens with zero attached hydrogens (tertiary/aromatic N) is 2. The highest BCUT2D eigenvalue weighted by Crippen LogP contribution is 2.26. The summed E-state index contributed by atoms with van der Waals surface area (Å²) >= 11 is 2.01. The normalized spacial score (nSPS) is 29.6. The molecule has 0 spiro atoms. The molecule has 0 amide bonds. The molecule has 2 rings (SSSR count). The number of nitrogens with one attached hydrogen (secondary N) is 2. The smallest absolute Gasteiger partial charge is 0.191 e. The molecule has 1 saturated heterocycles. The average Bonchev–Trinajstić information content (AvgIpc) is 2.60. The molecule has 0 aromatic rings. The highest BCUT2D eigenvalue weighted by atomic mass is 127. The van der Waals surface area contributed by atoms with E-state index in [1.165, 1.54) is 25.7 Å². The lowest BCUT2D eigenvalue weighted by molar-refractivity contribution is -0.0165. The third kappa shape index (κ3) is 7.81. The monoisotopic (exact) mass is 484 g/mol. The minimum atomic E-state index is 0. The topological polar surface area (TPSA) is 48.9 Å². The van der Waals surface area contributed by atoms with Crippen molar-refractivity contribution in [1.82, 2.24) is 15.5 Å². The minimum Gasteiger partial charge on any atom is -0.379 e. The van der Waals surface area contributed by atoms with Crippen LogP contribution in [0.4, 0.5) is 0 Å². The van der Waals surface area contributed by atoms with Gasteiger partial charge in [0.05, 0.1) is 19.8 Å². The molecule has 0 aromatic heterocycles. The van der Waals surface area contributed by atoms with Crippen LogP contribution in [0.25, 0.3) is 0 Å². The minimum absolute atomic E-state index is 0. The van der Waals surface area contributed by atoms with E-state index in [4.69, 9.17) is 9.73 Å². The molecule has 5 nitrogen and oxygen atoms in total. The predicted octanol–water partition coefficient (Wildman–Crippen LogP) is 2.94. The van der Waals surface area contributed by atoms with Gasteiger partial charge in [-0.3, -0.25) is 9.89 Å². The average molecular weight is 484 g/mol. The van der Waals surface area contributed by atoms with Crippen LogP contribution in [0.5, 0.6) is 0 Å². The van der Waals surface area contributed by atoms with Crippen LogP contribution in [0.1, 0.15) is 46.5 Å². The largest absolute Gasteiger partial charge is 0.379 e. The molecule has 25 heavy (non-hydrogen) atoms. The number of thioether (sulfide) groups is 1. The highest BCUT2D eigenvalue weighted by molar-refractivity contribution is 14.0. The number of morpholine rings is 1. The number of rotatable bonds is 6. The third-order valence-electron chi connectivity index (χ3n) is 5.14. The Morgan fingerprint density at radius 1 is 1.40 bits per heavy atom. The fourth-order valence-electron chi connectivity index (χ4n) is 3.73. The highest BCUT2D eigenvalue weighted by Gasteiger charge is 2.24. The zero-order chi connectivity index (χ0) is 17.4. The zero-order valence-electron chi connectivity index (χ0n) is 16.3. The van der Waals surface area contributed by atoms with Gasteiger partial charge in [-0.2, -0.15) is 11.8 Å². The molecule has 148 valence electrons. The van der Waals surface area contributed by atoms with Gasteiger partial charge in [-0.25, -0.2) is 0 Å². The summed E-state index contributed by atoms with van der Waals surface area (Å²) in [5.41, 5.74) is 0. The number of halogens is 1. The van der Waals surface area contributed by atoms with Crippen molar-refractivity contribution in [3.05, 3.63) is 0 Å². The van der Waals surface area contributed by atoms with Crippen molar-refractivity contribution in [2.45, 2.75) is 69.8 Å². The molecule has 2 N–H and O–H groups in total. The van der Waals surface area contributed by atoms with Gasteiger partial charge >= 0.3 is 0 Å². The SMILES string of the molecule is CCNC(=NCC(C)N1CCOCC1C)NC1CCCC(SC)C1.I. The summed E-state index contributed by atoms with van der Waals surface area (Å²) in [4.78, 5) is 7.39. The second-order valence-electron chi connectivity index (χ2n) is 7.10. The van der Waals surface area contributed by atoms with Gasteiger partial charge in [-0.1, -0.05) is 6.42 Å². The van der Waals surface area contributed by atoms with Crippen LogP contribution in [-0.2, 0) is 4.74 Å². The number of ether oxygens (including phenoxy) is 1. The van der Waals surface area contributed by atoms with Crippen molar-refractivity contribution in [3.63, 3.8) is 0 Å². The maximum atomic E-state index is 5.54. The summed E-state index contributed by atoms with van der Waals surface area (Å²) in [6, 6.07) is 1.50. The lowest BCUT2D eigenvalue weighted by Gasteiger charge is -2.37. The van der Waals surface area contributed by atoms with Crippen LogP contribution < -0.4 is 10.6 Å². The van der Waals surface area contributed by atoms with E-state index < -0.39 is 0 Å².